The van der Waals surface area contributed by atoms with Crippen molar-refractivity contribution in [1.29, 1.82) is 0 Å². The van der Waals surface area contributed by atoms with Crippen LogP contribution in [0.2, 0.25) is 0 Å². The molecule has 1 aromatic carbocycles. The summed E-state index contributed by atoms with van der Waals surface area (Å²) in [6, 6.07) is 10.7. The van der Waals surface area contributed by atoms with Crippen LogP contribution >= 0.6 is 0 Å². The lowest BCUT2D eigenvalue weighted by molar-refractivity contribution is -0.128. The Labute approximate surface area is 122 Å². The van der Waals surface area contributed by atoms with Crippen molar-refractivity contribution in [3.8, 4) is 0 Å². The Kier molecular flexibility index (Phi) is 5.60. The molecule has 110 valence electrons. The molecule has 1 unspecified atom stereocenters. The molecule has 2 rings (SSSR count). The van der Waals surface area contributed by atoms with Crippen molar-refractivity contribution in [2.75, 3.05) is 19.6 Å². The van der Waals surface area contributed by atoms with Crippen molar-refractivity contribution >= 4 is 5.91 Å². The lowest BCUT2D eigenvalue weighted by Gasteiger charge is -2.25. The Morgan fingerprint density at radius 3 is 2.60 bits per heavy atom. The van der Waals surface area contributed by atoms with E-state index in [1.807, 2.05) is 11.0 Å². The number of nitrogens with one attached hydrogen (secondary N) is 1. The molecule has 1 N–H and O–H groups in total. The van der Waals surface area contributed by atoms with Gasteiger partial charge < -0.3 is 10.2 Å². The van der Waals surface area contributed by atoms with Gasteiger partial charge in [-0.05, 0) is 30.9 Å². The first-order chi connectivity index (χ1) is 9.66. The van der Waals surface area contributed by atoms with Crippen LogP contribution < -0.4 is 5.32 Å². The smallest absolute Gasteiger partial charge is 0.222 e. The highest BCUT2D eigenvalue weighted by Crippen LogP contribution is 2.18. The molecule has 0 aromatic heterocycles. The molecule has 1 aliphatic rings. The third-order valence-corrected chi connectivity index (χ3v) is 3.89. The zero-order valence-corrected chi connectivity index (χ0v) is 12.6. The number of hydrogen-bond donors (Lipinski definition) is 1. The summed E-state index contributed by atoms with van der Waals surface area (Å²) in [5.74, 6) is 1.00. The van der Waals surface area contributed by atoms with E-state index in [9.17, 15) is 4.79 Å². The van der Waals surface area contributed by atoms with Gasteiger partial charge in [0, 0.05) is 25.6 Å². The predicted molar refractivity (Wildman–Crippen MR) is 82.5 cm³/mol. The van der Waals surface area contributed by atoms with Gasteiger partial charge in [0.15, 0.2) is 0 Å². The predicted octanol–water partition coefficient (Wildman–Crippen LogP) is 2.99. The molecule has 0 spiro atoms. The summed E-state index contributed by atoms with van der Waals surface area (Å²) in [5, 5.41) is 3.62. The second-order valence-electron chi connectivity index (χ2n) is 6.04. The van der Waals surface area contributed by atoms with Gasteiger partial charge >= 0.3 is 0 Å². The Morgan fingerprint density at radius 2 is 2.00 bits per heavy atom. The van der Waals surface area contributed by atoms with Gasteiger partial charge in [-0.15, -0.1) is 0 Å². The molecule has 1 fully saturated rings. The molecule has 1 heterocycles. The van der Waals surface area contributed by atoms with Gasteiger partial charge in [-0.3, -0.25) is 4.79 Å². The molecule has 0 radical (unpaired) electrons. The van der Waals surface area contributed by atoms with Gasteiger partial charge in [0.2, 0.25) is 5.91 Å². The van der Waals surface area contributed by atoms with Crippen LogP contribution in [0.25, 0.3) is 0 Å². The van der Waals surface area contributed by atoms with E-state index >= 15 is 0 Å². The monoisotopic (exact) mass is 274 g/mol. The molecule has 3 heteroatoms. The highest BCUT2D eigenvalue weighted by atomic mass is 16.2. The van der Waals surface area contributed by atoms with Crippen LogP contribution in [-0.4, -0.2) is 30.4 Å². The van der Waals surface area contributed by atoms with Gasteiger partial charge in [-0.1, -0.05) is 44.2 Å². The van der Waals surface area contributed by atoms with Gasteiger partial charge in [-0.2, -0.15) is 0 Å². The Balaban J connectivity index is 1.98. The van der Waals surface area contributed by atoms with Crippen molar-refractivity contribution in [1.82, 2.24) is 10.2 Å². The average Bonchev–Trinajstić information content (AvgIpc) is 2.84. The minimum Gasteiger partial charge on any atom is -0.341 e. The van der Waals surface area contributed by atoms with E-state index in [4.69, 9.17) is 0 Å². The van der Waals surface area contributed by atoms with Crippen molar-refractivity contribution in [3.63, 3.8) is 0 Å². The van der Waals surface area contributed by atoms with Crippen molar-refractivity contribution in [2.24, 2.45) is 5.92 Å². The second-order valence-corrected chi connectivity index (χ2v) is 6.04. The first-order valence-corrected chi connectivity index (χ1v) is 7.73. The molecule has 1 amide bonds. The van der Waals surface area contributed by atoms with Gasteiger partial charge in [0.25, 0.3) is 0 Å². The number of hydrogen-bond acceptors (Lipinski definition) is 2. The standard InChI is InChI=1S/C17H26N2O/c1-14(2)10-11-18-16(15-7-4-3-5-8-15)13-19-12-6-9-17(19)20/h3-5,7-8,14,16,18H,6,9-13H2,1-2H3. The van der Waals surface area contributed by atoms with Crippen LogP contribution in [0.4, 0.5) is 0 Å². The van der Waals surface area contributed by atoms with Gasteiger partial charge in [0.05, 0.1) is 0 Å². The molecule has 0 bridgehead atoms. The zero-order valence-electron chi connectivity index (χ0n) is 12.6. The summed E-state index contributed by atoms with van der Waals surface area (Å²) in [4.78, 5) is 13.8. The fourth-order valence-corrected chi connectivity index (χ4v) is 2.64. The first kappa shape index (κ1) is 15.0. The largest absolute Gasteiger partial charge is 0.341 e. The lowest BCUT2D eigenvalue weighted by Crippen LogP contribution is -2.36. The average molecular weight is 274 g/mol. The third kappa shape index (κ3) is 4.34. The molecule has 0 aliphatic carbocycles. The van der Waals surface area contributed by atoms with Crippen LogP contribution in [0.5, 0.6) is 0 Å². The SMILES string of the molecule is CC(C)CCNC(CN1CCCC1=O)c1ccccc1. The number of benzene rings is 1. The minimum atomic E-state index is 0.247. The van der Waals surface area contributed by atoms with Crippen molar-refractivity contribution in [2.45, 2.75) is 39.2 Å². The Hall–Kier alpha value is -1.35. The molecule has 1 atom stereocenters. The summed E-state index contributed by atoms with van der Waals surface area (Å²) in [6.07, 6.45) is 2.89. The molecule has 1 saturated heterocycles. The van der Waals surface area contributed by atoms with E-state index in [1.165, 1.54) is 5.56 Å². The van der Waals surface area contributed by atoms with E-state index in [2.05, 4.69) is 43.4 Å². The maximum atomic E-state index is 11.8. The maximum Gasteiger partial charge on any atom is 0.222 e. The Morgan fingerprint density at radius 1 is 1.25 bits per heavy atom. The fourth-order valence-electron chi connectivity index (χ4n) is 2.64. The highest BCUT2D eigenvalue weighted by molar-refractivity contribution is 5.78. The quantitative estimate of drug-likeness (QED) is 0.829. The number of nitrogens with zero attached hydrogens (tertiary/aromatic N) is 1. The molecular weight excluding hydrogens is 248 g/mol. The first-order valence-electron chi connectivity index (χ1n) is 7.73. The number of rotatable bonds is 7. The van der Waals surface area contributed by atoms with Crippen molar-refractivity contribution in [3.05, 3.63) is 35.9 Å². The van der Waals surface area contributed by atoms with Crippen LogP contribution in [0.3, 0.4) is 0 Å². The summed E-state index contributed by atoms with van der Waals surface area (Å²) in [6.45, 7) is 7.18. The zero-order chi connectivity index (χ0) is 14.4. The van der Waals surface area contributed by atoms with E-state index in [-0.39, 0.29) is 6.04 Å². The van der Waals surface area contributed by atoms with E-state index in [0.29, 0.717) is 18.2 Å². The lowest BCUT2D eigenvalue weighted by atomic mass is 10.1. The number of carbonyl (C=O) groups is 1. The topological polar surface area (TPSA) is 32.3 Å². The van der Waals surface area contributed by atoms with Crippen LogP contribution in [0.1, 0.15) is 44.7 Å². The normalized spacial score (nSPS) is 16.9. The molecule has 20 heavy (non-hydrogen) atoms. The van der Waals surface area contributed by atoms with E-state index < -0.39 is 0 Å². The van der Waals surface area contributed by atoms with E-state index in [1.54, 1.807) is 0 Å². The summed E-state index contributed by atoms with van der Waals surface area (Å²) in [5.41, 5.74) is 1.27. The highest BCUT2D eigenvalue weighted by Gasteiger charge is 2.23. The number of carbonyl (C=O) groups excluding carboxylic acids is 1. The number of likely N-dealkylation sites (tertiary alicyclic amines) is 1. The Bertz CT molecular complexity index is 416. The third-order valence-electron chi connectivity index (χ3n) is 3.89. The maximum absolute atomic E-state index is 11.8. The molecule has 1 aliphatic heterocycles. The van der Waals surface area contributed by atoms with Crippen molar-refractivity contribution < 1.29 is 4.79 Å². The minimum absolute atomic E-state index is 0.247. The summed E-state index contributed by atoms with van der Waals surface area (Å²) < 4.78 is 0. The fraction of sp³-hybridized carbons (Fsp3) is 0.588. The van der Waals surface area contributed by atoms with Crippen LogP contribution in [0.15, 0.2) is 30.3 Å². The molecule has 3 nitrogen and oxygen atoms in total. The van der Waals surface area contributed by atoms with Crippen LogP contribution in [-0.2, 0) is 4.79 Å². The molecular formula is C17H26N2O. The van der Waals surface area contributed by atoms with Gasteiger partial charge in [0.1, 0.15) is 0 Å². The number of amides is 1. The second kappa shape index (κ2) is 7.44. The summed E-state index contributed by atoms with van der Waals surface area (Å²) in [7, 11) is 0. The molecule has 0 saturated carbocycles. The summed E-state index contributed by atoms with van der Waals surface area (Å²) >= 11 is 0. The molecule has 1 aromatic rings. The van der Waals surface area contributed by atoms with E-state index in [0.717, 1.165) is 32.5 Å². The van der Waals surface area contributed by atoms with Crippen LogP contribution in [0, 0.1) is 5.92 Å². The van der Waals surface area contributed by atoms with Gasteiger partial charge in [-0.25, -0.2) is 0 Å².